The first-order chi connectivity index (χ1) is 6.07. The minimum absolute atomic E-state index is 0.00296. The molecule has 0 aliphatic heterocycles. The zero-order valence-electron chi connectivity index (χ0n) is 6.10. The van der Waals surface area contributed by atoms with Gasteiger partial charge in [0, 0.05) is 11.8 Å². The summed E-state index contributed by atoms with van der Waals surface area (Å²) in [7, 11) is 0. The number of nitrogens with zero attached hydrogens (tertiary/aromatic N) is 1. The monoisotopic (exact) mass is 193 g/mol. The van der Waals surface area contributed by atoms with Crippen LogP contribution in [0, 0.1) is 11.8 Å². The van der Waals surface area contributed by atoms with Gasteiger partial charge in [0.15, 0.2) is 12.1 Å². The van der Waals surface area contributed by atoms with Gasteiger partial charge >= 0.3 is 0 Å². The molecular weight excluding hydrogens is 190 g/mol. The predicted octanol–water partition coefficient (Wildman–Crippen LogP) is 2.11. The lowest BCUT2D eigenvalue weighted by molar-refractivity contribution is 0.110. The number of rotatable bonds is 2. The molecule has 13 heavy (non-hydrogen) atoms. The molecule has 0 aliphatic rings. The number of halogens is 4. The number of carbonyl (C=O) groups excluding carboxylic acids is 1. The van der Waals surface area contributed by atoms with E-state index in [0.717, 1.165) is 0 Å². The molecule has 1 aromatic heterocycles. The van der Waals surface area contributed by atoms with E-state index >= 15 is 0 Å². The minimum atomic E-state index is -3.24. The highest BCUT2D eigenvalue weighted by Crippen LogP contribution is 2.25. The first kappa shape index (κ1) is 9.63. The number of alkyl halides is 2. The van der Waals surface area contributed by atoms with E-state index in [1.54, 1.807) is 0 Å². The van der Waals surface area contributed by atoms with Crippen LogP contribution in [0.2, 0.25) is 0 Å². The normalized spacial score (nSPS) is 10.5. The summed E-state index contributed by atoms with van der Waals surface area (Å²) in [4.78, 5) is 12.9. The molecule has 0 radical (unpaired) electrons. The molecule has 0 spiro atoms. The summed E-state index contributed by atoms with van der Waals surface area (Å²) in [6, 6.07) is 0. The van der Waals surface area contributed by atoms with Crippen LogP contribution in [0.1, 0.15) is 22.3 Å². The van der Waals surface area contributed by atoms with Gasteiger partial charge in [-0.3, -0.25) is 4.79 Å². The number of hydrogen-bond donors (Lipinski definition) is 0. The van der Waals surface area contributed by atoms with Crippen molar-refractivity contribution in [1.29, 1.82) is 0 Å². The third kappa shape index (κ3) is 1.66. The van der Waals surface area contributed by atoms with Crippen molar-refractivity contribution in [3.05, 3.63) is 29.1 Å². The van der Waals surface area contributed by atoms with Gasteiger partial charge in [0.25, 0.3) is 6.43 Å². The van der Waals surface area contributed by atoms with Crippen molar-refractivity contribution in [3.63, 3.8) is 0 Å². The second-order valence-electron chi connectivity index (χ2n) is 2.15. The lowest BCUT2D eigenvalue weighted by Crippen LogP contribution is -2.03. The fraction of sp³-hybridized carbons (Fsp3) is 0.143. The van der Waals surface area contributed by atoms with Crippen molar-refractivity contribution in [3.8, 4) is 0 Å². The Morgan fingerprint density at radius 2 is 2.00 bits per heavy atom. The molecule has 1 rings (SSSR count). The number of carbonyl (C=O) groups is 1. The Bertz CT molecular complexity index is 340. The van der Waals surface area contributed by atoms with Crippen molar-refractivity contribution in [2.75, 3.05) is 0 Å². The Labute approximate surface area is 70.2 Å². The first-order valence-corrected chi connectivity index (χ1v) is 3.15. The summed E-state index contributed by atoms with van der Waals surface area (Å²) in [5, 5.41) is 0. The van der Waals surface area contributed by atoms with Crippen LogP contribution in [0.3, 0.4) is 0 Å². The lowest BCUT2D eigenvalue weighted by atomic mass is 10.1. The summed E-state index contributed by atoms with van der Waals surface area (Å²) in [5.74, 6) is -3.42. The average molecular weight is 193 g/mol. The molecule has 0 saturated heterocycles. The van der Waals surface area contributed by atoms with Crippen molar-refractivity contribution < 1.29 is 22.4 Å². The fourth-order valence-electron chi connectivity index (χ4n) is 0.806. The SMILES string of the molecule is O=Cc1cnc(F)c(F)c1C(F)F. The lowest BCUT2D eigenvalue weighted by Gasteiger charge is -2.03. The van der Waals surface area contributed by atoms with E-state index < -0.39 is 29.3 Å². The largest absolute Gasteiger partial charge is 0.298 e. The Balaban J connectivity index is 3.41. The zero-order chi connectivity index (χ0) is 10.0. The van der Waals surface area contributed by atoms with Gasteiger partial charge in [0.05, 0.1) is 5.56 Å². The van der Waals surface area contributed by atoms with Gasteiger partial charge in [-0.1, -0.05) is 0 Å². The van der Waals surface area contributed by atoms with E-state index in [0.29, 0.717) is 6.20 Å². The van der Waals surface area contributed by atoms with Crippen LogP contribution in [0.15, 0.2) is 6.20 Å². The number of aldehydes is 1. The van der Waals surface area contributed by atoms with E-state index in [-0.39, 0.29) is 6.29 Å². The second kappa shape index (κ2) is 3.51. The van der Waals surface area contributed by atoms with Crippen molar-refractivity contribution in [1.82, 2.24) is 4.98 Å². The number of pyridine rings is 1. The molecule has 70 valence electrons. The van der Waals surface area contributed by atoms with E-state index in [2.05, 4.69) is 4.98 Å². The molecule has 0 aliphatic carbocycles. The van der Waals surface area contributed by atoms with Crippen LogP contribution in [-0.2, 0) is 0 Å². The molecule has 0 aromatic carbocycles. The van der Waals surface area contributed by atoms with Gasteiger partial charge in [-0.05, 0) is 0 Å². The highest BCUT2D eigenvalue weighted by atomic mass is 19.3. The van der Waals surface area contributed by atoms with Gasteiger partial charge in [-0.25, -0.2) is 18.2 Å². The maximum atomic E-state index is 12.6. The van der Waals surface area contributed by atoms with Crippen molar-refractivity contribution in [2.24, 2.45) is 0 Å². The van der Waals surface area contributed by atoms with Crippen LogP contribution < -0.4 is 0 Å². The summed E-state index contributed by atoms with van der Waals surface area (Å²) in [5.41, 5.74) is -1.89. The Morgan fingerprint density at radius 1 is 1.38 bits per heavy atom. The summed E-state index contributed by atoms with van der Waals surface area (Å²) in [6.45, 7) is 0. The zero-order valence-corrected chi connectivity index (χ0v) is 6.10. The molecule has 0 saturated carbocycles. The van der Waals surface area contributed by atoms with Gasteiger partial charge < -0.3 is 0 Å². The summed E-state index contributed by atoms with van der Waals surface area (Å²) in [6.07, 6.45) is -2.68. The maximum absolute atomic E-state index is 12.6. The number of aromatic nitrogens is 1. The predicted molar refractivity (Wildman–Crippen MR) is 34.5 cm³/mol. The first-order valence-electron chi connectivity index (χ1n) is 3.15. The summed E-state index contributed by atoms with van der Waals surface area (Å²) >= 11 is 0. The van der Waals surface area contributed by atoms with Gasteiger partial charge in [-0.2, -0.15) is 4.39 Å². The van der Waals surface area contributed by atoms with E-state index in [1.165, 1.54) is 0 Å². The van der Waals surface area contributed by atoms with E-state index in [4.69, 9.17) is 0 Å². The Kier molecular flexibility index (Phi) is 2.60. The van der Waals surface area contributed by atoms with Crippen LogP contribution in [0.25, 0.3) is 0 Å². The Morgan fingerprint density at radius 3 is 2.46 bits per heavy atom. The molecule has 0 fully saturated rings. The highest BCUT2D eigenvalue weighted by molar-refractivity contribution is 5.76. The quantitative estimate of drug-likeness (QED) is 0.409. The second-order valence-corrected chi connectivity index (χ2v) is 2.15. The number of hydrogen-bond acceptors (Lipinski definition) is 2. The smallest absolute Gasteiger partial charge is 0.267 e. The van der Waals surface area contributed by atoms with Crippen molar-refractivity contribution in [2.45, 2.75) is 6.43 Å². The van der Waals surface area contributed by atoms with Gasteiger partial charge in [0.1, 0.15) is 0 Å². The Hall–Kier alpha value is -1.46. The molecule has 6 heteroatoms. The standard InChI is InChI=1S/C7H3F4NO/c8-5-4(6(9)10)3(2-13)1-12-7(5)11/h1-2,6H. The molecule has 2 nitrogen and oxygen atoms in total. The molecule has 0 amide bonds. The van der Waals surface area contributed by atoms with Gasteiger partial charge in [0.2, 0.25) is 5.95 Å². The summed E-state index contributed by atoms with van der Waals surface area (Å²) < 4.78 is 49.1. The minimum Gasteiger partial charge on any atom is -0.298 e. The van der Waals surface area contributed by atoms with Crippen LogP contribution in [0.4, 0.5) is 17.6 Å². The molecule has 0 unspecified atom stereocenters. The fourth-order valence-corrected chi connectivity index (χ4v) is 0.806. The van der Waals surface area contributed by atoms with Crippen LogP contribution in [0.5, 0.6) is 0 Å². The van der Waals surface area contributed by atoms with Crippen molar-refractivity contribution >= 4 is 6.29 Å². The van der Waals surface area contributed by atoms with Gasteiger partial charge in [-0.15, -0.1) is 0 Å². The molecule has 0 N–H and O–H groups in total. The highest BCUT2D eigenvalue weighted by Gasteiger charge is 2.22. The van der Waals surface area contributed by atoms with E-state index in [9.17, 15) is 22.4 Å². The third-order valence-electron chi connectivity index (χ3n) is 1.39. The maximum Gasteiger partial charge on any atom is 0.267 e. The van der Waals surface area contributed by atoms with Crippen LogP contribution in [-0.4, -0.2) is 11.3 Å². The van der Waals surface area contributed by atoms with E-state index in [1.807, 2.05) is 0 Å². The topological polar surface area (TPSA) is 30.0 Å². The molecule has 0 bridgehead atoms. The average Bonchev–Trinajstić information content (AvgIpc) is 2.08. The molecule has 0 atom stereocenters. The molecular formula is C7H3F4NO. The molecule has 1 heterocycles. The molecule has 1 aromatic rings. The van der Waals surface area contributed by atoms with Crippen LogP contribution >= 0.6 is 0 Å². The third-order valence-corrected chi connectivity index (χ3v) is 1.39.